The first kappa shape index (κ1) is 12.8. The number of carboxylic acids is 1. The number of Topliss-reactive ketones (excluding diaryl/α,β-unsaturated/α-hetero) is 1. The average Bonchev–Trinajstić information content (AvgIpc) is 2.19. The van der Waals surface area contributed by atoms with E-state index in [9.17, 15) is 14.0 Å². The summed E-state index contributed by atoms with van der Waals surface area (Å²) in [5.74, 6) is -1.93. The molecule has 0 amide bonds. The van der Waals surface area contributed by atoms with Crippen LogP contribution in [0.4, 0.5) is 4.39 Å². The van der Waals surface area contributed by atoms with Crippen molar-refractivity contribution in [3.63, 3.8) is 0 Å². The molecular weight excluding hydrogens is 279 g/mol. The van der Waals surface area contributed by atoms with Crippen molar-refractivity contribution in [1.29, 1.82) is 0 Å². The molecule has 0 fully saturated rings. The second-order valence-corrected chi connectivity index (χ2v) is 4.27. The number of carbonyl (C=O) groups excluding carboxylic acids is 1. The molecular formula is C11H10BrFO3. The molecule has 0 saturated heterocycles. The van der Waals surface area contributed by atoms with Gasteiger partial charge in [0.05, 0.1) is 11.2 Å². The zero-order valence-electron chi connectivity index (χ0n) is 8.54. The number of ketones is 1. The molecule has 0 saturated carbocycles. The third-order valence-electron chi connectivity index (χ3n) is 2.11. The van der Waals surface area contributed by atoms with Crippen LogP contribution < -0.4 is 0 Å². The Labute approximate surface area is 100 Å². The van der Waals surface area contributed by atoms with Gasteiger partial charge in [-0.2, -0.15) is 0 Å². The number of alkyl halides is 1. The fourth-order valence-electron chi connectivity index (χ4n) is 1.37. The van der Waals surface area contributed by atoms with Gasteiger partial charge in [-0.1, -0.05) is 28.1 Å². The summed E-state index contributed by atoms with van der Waals surface area (Å²) in [6.07, 6.45) is -0.433. The lowest BCUT2D eigenvalue weighted by Gasteiger charge is -2.12. The van der Waals surface area contributed by atoms with Crippen LogP contribution in [0, 0.1) is 5.82 Å². The van der Waals surface area contributed by atoms with Crippen LogP contribution in [0.15, 0.2) is 18.2 Å². The van der Waals surface area contributed by atoms with Crippen molar-refractivity contribution in [3.05, 3.63) is 35.1 Å². The SMILES string of the molecule is CC(=O)C(Br)c1cccc(F)c1CC(=O)O. The molecule has 1 N–H and O–H groups in total. The fraction of sp³-hybridized carbons (Fsp3) is 0.273. The number of halogens is 2. The summed E-state index contributed by atoms with van der Waals surface area (Å²) in [7, 11) is 0. The van der Waals surface area contributed by atoms with Gasteiger partial charge in [0, 0.05) is 5.56 Å². The first-order chi connectivity index (χ1) is 7.43. The van der Waals surface area contributed by atoms with Crippen LogP contribution in [0.2, 0.25) is 0 Å². The summed E-state index contributed by atoms with van der Waals surface area (Å²) in [4.78, 5) is 21.1. The van der Waals surface area contributed by atoms with Crippen molar-refractivity contribution in [2.45, 2.75) is 18.2 Å². The minimum Gasteiger partial charge on any atom is -0.481 e. The van der Waals surface area contributed by atoms with Gasteiger partial charge in [0.15, 0.2) is 0 Å². The smallest absolute Gasteiger partial charge is 0.307 e. The number of rotatable bonds is 4. The molecule has 1 atom stereocenters. The second kappa shape index (κ2) is 5.21. The van der Waals surface area contributed by atoms with Crippen molar-refractivity contribution in [3.8, 4) is 0 Å². The highest BCUT2D eigenvalue weighted by Crippen LogP contribution is 2.28. The number of carboxylic acid groups (broad SMARTS) is 1. The van der Waals surface area contributed by atoms with Gasteiger partial charge in [-0.15, -0.1) is 0 Å². The molecule has 1 rings (SSSR count). The Morgan fingerprint density at radius 3 is 2.62 bits per heavy atom. The lowest BCUT2D eigenvalue weighted by atomic mass is 9.99. The third-order valence-corrected chi connectivity index (χ3v) is 3.25. The van der Waals surface area contributed by atoms with Gasteiger partial charge in [-0.25, -0.2) is 4.39 Å². The Hall–Kier alpha value is -1.23. The molecule has 5 heteroatoms. The van der Waals surface area contributed by atoms with Crippen molar-refractivity contribution in [2.24, 2.45) is 0 Å². The van der Waals surface area contributed by atoms with E-state index in [1.807, 2.05) is 0 Å². The number of hydrogen-bond acceptors (Lipinski definition) is 2. The lowest BCUT2D eigenvalue weighted by molar-refractivity contribution is -0.136. The van der Waals surface area contributed by atoms with Crippen LogP contribution in [0.3, 0.4) is 0 Å². The first-order valence-electron chi connectivity index (χ1n) is 4.57. The van der Waals surface area contributed by atoms with Gasteiger partial charge in [-0.3, -0.25) is 9.59 Å². The van der Waals surface area contributed by atoms with E-state index in [0.717, 1.165) is 0 Å². The maximum Gasteiger partial charge on any atom is 0.307 e. The van der Waals surface area contributed by atoms with E-state index in [1.165, 1.54) is 19.1 Å². The molecule has 0 heterocycles. The predicted octanol–water partition coefficient (Wildman–Crippen LogP) is 2.48. The zero-order chi connectivity index (χ0) is 12.3. The normalized spacial score (nSPS) is 12.2. The summed E-state index contributed by atoms with van der Waals surface area (Å²) in [5, 5.41) is 8.67. The van der Waals surface area contributed by atoms with Gasteiger partial charge in [0.25, 0.3) is 0 Å². The number of benzene rings is 1. The monoisotopic (exact) mass is 288 g/mol. The Balaban J connectivity index is 3.22. The quantitative estimate of drug-likeness (QED) is 0.866. The molecule has 0 bridgehead atoms. The van der Waals surface area contributed by atoms with E-state index in [2.05, 4.69) is 15.9 Å². The largest absolute Gasteiger partial charge is 0.481 e. The second-order valence-electron chi connectivity index (χ2n) is 3.35. The first-order valence-corrected chi connectivity index (χ1v) is 5.48. The van der Waals surface area contributed by atoms with Crippen molar-refractivity contribution in [2.75, 3.05) is 0 Å². The third kappa shape index (κ3) is 2.88. The van der Waals surface area contributed by atoms with Crippen molar-refractivity contribution < 1.29 is 19.1 Å². The maximum atomic E-state index is 13.4. The van der Waals surface area contributed by atoms with E-state index >= 15 is 0 Å². The van der Waals surface area contributed by atoms with Crippen LogP contribution in [-0.4, -0.2) is 16.9 Å². The van der Waals surface area contributed by atoms with Crippen molar-refractivity contribution in [1.82, 2.24) is 0 Å². The van der Waals surface area contributed by atoms with E-state index in [1.54, 1.807) is 6.07 Å². The highest BCUT2D eigenvalue weighted by Gasteiger charge is 2.20. The van der Waals surface area contributed by atoms with E-state index < -0.39 is 23.0 Å². The molecule has 1 aromatic rings. The fourth-order valence-corrected chi connectivity index (χ4v) is 1.80. The average molecular weight is 289 g/mol. The molecule has 0 aromatic heterocycles. The number of aliphatic carboxylic acids is 1. The highest BCUT2D eigenvalue weighted by molar-refractivity contribution is 9.09. The van der Waals surface area contributed by atoms with Crippen LogP contribution in [0.5, 0.6) is 0 Å². The Kier molecular flexibility index (Phi) is 4.18. The summed E-state index contributed by atoms with van der Waals surface area (Å²) in [6, 6.07) is 4.18. The topological polar surface area (TPSA) is 54.4 Å². The van der Waals surface area contributed by atoms with Gasteiger partial charge in [0.2, 0.25) is 0 Å². The minimum atomic E-state index is -1.13. The van der Waals surface area contributed by atoms with E-state index in [-0.39, 0.29) is 11.3 Å². The maximum absolute atomic E-state index is 13.4. The molecule has 3 nitrogen and oxygen atoms in total. The standard InChI is InChI=1S/C11H10BrFO3/c1-6(14)11(12)7-3-2-4-9(13)8(7)5-10(15)16/h2-4,11H,5H2,1H3,(H,15,16). The molecule has 86 valence electrons. The number of hydrogen-bond donors (Lipinski definition) is 1. The Bertz CT molecular complexity index is 431. The molecule has 0 spiro atoms. The van der Waals surface area contributed by atoms with Crippen LogP contribution in [-0.2, 0) is 16.0 Å². The zero-order valence-corrected chi connectivity index (χ0v) is 10.1. The van der Waals surface area contributed by atoms with Crippen LogP contribution >= 0.6 is 15.9 Å². The molecule has 1 unspecified atom stereocenters. The van der Waals surface area contributed by atoms with Crippen molar-refractivity contribution >= 4 is 27.7 Å². The van der Waals surface area contributed by atoms with Crippen LogP contribution in [0.1, 0.15) is 22.9 Å². The van der Waals surface area contributed by atoms with E-state index in [4.69, 9.17) is 5.11 Å². The van der Waals surface area contributed by atoms with E-state index in [0.29, 0.717) is 5.56 Å². The Morgan fingerprint density at radius 1 is 1.50 bits per heavy atom. The highest BCUT2D eigenvalue weighted by atomic mass is 79.9. The minimum absolute atomic E-state index is 0.0482. The summed E-state index contributed by atoms with van der Waals surface area (Å²) >= 11 is 3.12. The lowest BCUT2D eigenvalue weighted by Crippen LogP contribution is -2.10. The molecule has 0 radical (unpaired) electrons. The Morgan fingerprint density at radius 2 is 2.12 bits per heavy atom. The van der Waals surface area contributed by atoms with Gasteiger partial charge in [-0.05, 0) is 18.6 Å². The van der Waals surface area contributed by atoms with Gasteiger partial charge in [0.1, 0.15) is 11.6 Å². The number of carbonyl (C=O) groups is 2. The predicted molar refractivity (Wildman–Crippen MR) is 60.1 cm³/mol. The summed E-state index contributed by atoms with van der Waals surface area (Å²) in [6.45, 7) is 1.36. The molecule has 1 aromatic carbocycles. The summed E-state index contributed by atoms with van der Waals surface area (Å²) in [5.41, 5.74) is 0.418. The molecule has 0 aliphatic rings. The summed E-state index contributed by atoms with van der Waals surface area (Å²) < 4.78 is 13.4. The van der Waals surface area contributed by atoms with Gasteiger partial charge >= 0.3 is 5.97 Å². The molecule has 16 heavy (non-hydrogen) atoms. The molecule has 0 aliphatic carbocycles. The molecule has 0 aliphatic heterocycles. The van der Waals surface area contributed by atoms with Gasteiger partial charge < -0.3 is 5.11 Å². The van der Waals surface area contributed by atoms with Crippen LogP contribution in [0.25, 0.3) is 0 Å².